The predicted molar refractivity (Wildman–Crippen MR) is 66.9 cm³/mol. The molecular formula is C12H12BrFN2O. The lowest BCUT2D eigenvalue weighted by Gasteiger charge is -2.10. The van der Waals surface area contributed by atoms with E-state index in [1.807, 2.05) is 0 Å². The van der Waals surface area contributed by atoms with E-state index in [1.54, 1.807) is 24.5 Å². The number of halogens is 2. The van der Waals surface area contributed by atoms with E-state index in [0.29, 0.717) is 17.7 Å². The summed E-state index contributed by atoms with van der Waals surface area (Å²) in [5.74, 6) is 1.06. The second-order valence-electron chi connectivity index (χ2n) is 3.59. The van der Waals surface area contributed by atoms with Gasteiger partial charge in [0, 0.05) is 35.3 Å². The number of aromatic nitrogens is 2. The average Bonchev–Trinajstić information content (AvgIpc) is 2.81. The van der Waals surface area contributed by atoms with Crippen molar-refractivity contribution < 1.29 is 9.13 Å². The number of ether oxygens (including phenoxy) is 1. The molecule has 1 unspecified atom stereocenters. The third-order valence-corrected chi connectivity index (χ3v) is 3.29. The fourth-order valence-electron chi connectivity index (χ4n) is 1.58. The Morgan fingerprint density at radius 3 is 2.94 bits per heavy atom. The molecule has 1 atom stereocenters. The molecule has 0 fully saturated rings. The Morgan fingerprint density at radius 1 is 1.53 bits per heavy atom. The molecule has 0 radical (unpaired) electrons. The van der Waals surface area contributed by atoms with Crippen molar-refractivity contribution in [2.45, 2.75) is 11.2 Å². The summed E-state index contributed by atoms with van der Waals surface area (Å²) in [7, 11) is 1.52. The molecule has 2 rings (SSSR count). The van der Waals surface area contributed by atoms with E-state index in [1.165, 1.54) is 13.2 Å². The number of hydrogen-bond donors (Lipinski definition) is 1. The number of rotatable bonds is 4. The van der Waals surface area contributed by atoms with Crippen LogP contribution in [-0.4, -0.2) is 17.1 Å². The molecule has 0 aliphatic rings. The maximum Gasteiger partial charge on any atom is 0.131 e. The lowest BCUT2D eigenvalue weighted by Crippen LogP contribution is -2.00. The Bertz CT molecular complexity index is 487. The standard InChI is InChI=1S/C12H12BrFN2O/c1-17-8-2-3-9(11(14)6-8)10(13)7-12-15-4-5-16-12/h2-6,10H,7H2,1H3,(H,15,16). The van der Waals surface area contributed by atoms with Crippen LogP contribution in [0.25, 0.3) is 0 Å². The minimum Gasteiger partial charge on any atom is -0.497 e. The fraction of sp³-hybridized carbons (Fsp3) is 0.250. The van der Waals surface area contributed by atoms with Crippen molar-refractivity contribution in [3.63, 3.8) is 0 Å². The Labute approximate surface area is 107 Å². The molecule has 0 aliphatic carbocycles. The van der Waals surface area contributed by atoms with E-state index in [2.05, 4.69) is 25.9 Å². The van der Waals surface area contributed by atoms with Gasteiger partial charge in [-0.3, -0.25) is 0 Å². The van der Waals surface area contributed by atoms with Gasteiger partial charge in [-0.15, -0.1) is 0 Å². The fourth-order valence-corrected chi connectivity index (χ4v) is 2.26. The van der Waals surface area contributed by atoms with E-state index >= 15 is 0 Å². The minimum atomic E-state index is -0.280. The van der Waals surface area contributed by atoms with Gasteiger partial charge in [0.1, 0.15) is 17.4 Å². The van der Waals surface area contributed by atoms with Crippen LogP contribution in [-0.2, 0) is 6.42 Å². The van der Waals surface area contributed by atoms with Gasteiger partial charge in [0.05, 0.1) is 7.11 Å². The summed E-state index contributed by atoms with van der Waals surface area (Å²) in [6.07, 6.45) is 4.04. The highest BCUT2D eigenvalue weighted by molar-refractivity contribution is 9.09. The van der Waals surface area contributed by atoms with E-state index in [-0.39, 0.29) is 10.6 Å². The highest BCUT2D eigenvalue weighted by Gasteiger charge is 2.15. The molecule has 17 heavy (non-hydrogen) atoms. The molecule has 0 bridgehead atoms. The molecule has 1 heterocycles. The Balaban J connectivity index is 2.16. The average molecular weight is 299 g/mol. The van der Waals surface area contributed by atoms with E-state index in [0.717, 1.165) is 5.82 Å². The van der Waals surface area contributed by atoms with Gasteiger partial charge >= 0.3 is 0 Å². The molecule has 0 aliphatic heterocycles. The lowest BCUT2D eigenvalue weighted by molar-refractivity contribution is 0.410. The summed E-state index contributed by atoms with van der Waals surface area (Å²) in [5.41, 5.74) is 0.599. The Morgan fingerprint density at radius 2 is 2.35 bits per heavy atom. The van der Waals surface area contributed by atoms with Crippen molar-refractivity contribution in [3.8, 4) is 5.75 Å². The van der Waals surface area contributed by atoms with Crippen LogP contribution >= 0.6 is 15.9 Å². The number of aromatic amines is 1. The van der Waals surface area contributed by atoms with Gasteiger partial charge in [-0.05, 0) is 6.07 Å². The number of methoxy groups -OCH3 is 1. The zero-order valence-electron chi connectivity index (χ0n) is 9.28. The normalized spacial score (nSPS) is 12.4. The highest BCUT2D eigenvalue weighted by atomic mass is 79.9. The number of H-pyrrole nitrogens is 1. The summed E-state index contributed by atoms with van der Waals surface area (Å²) in [6.45, 7) is 0. The van der Waals surface area contributed by atoms with Gasteiger partial charge in [-0.2, -0.15) is 0 Å². The maximum atomic E-state index is 13.8. The third-order valence-electron chi connectivity index (χ3n) is 2.47. The minimum absolute atomic E-state index is 0.112. The van der Waals surface area contributed by atoms with Crippen molar-refractivity contribution in [1.29, 1.82) is 0 Å². The summed E-state index contributed by atoms with van der Waals surface area (Å²) in [5, 5.41) is 0. The number of imidazole rings is 1. The van der Waals surface area contributed by atoms with Crippen LogP contribution in [0.3, 0.4) is 0 Å². The molecule has 1 aromatic heterocycles. The Hall–Kier alpha value is -1.36. The smallest absolute Gasteiger partial charge is 0.131 e. The van der Waals surface area contributed by atoms with Crippen LogP contribution in [0, 0.1) is 5.82 Å². The van der Waals surface area contributed by atoms with Gasteiger partial charge in [0.25, 0.3) is 0 Å². The second-order valence-corrected chi connectivity index (χ2v) is 4.70. The molecule has 1 N–H and O–H groups in total. The first kappa shape index (κ1) is 12.1. The summed E-state index contributed by atoms with van der Waals surface area (Å²) in [4.78, 5) is 6.99. The topological polar surface area (TPSA) is 37.9 Å². The van der Waals surface area contributed by atoms with Crippen LogP contribution < -0.4 is 4.74 Å². The highest BCUT2D eigenvalue weighted by Crippen LogP contribution is 2.30. The first-order valence-electron chi connectivity index (χ1n) is 5.16. The number of alkyl halides is 1. The monoisotopic (exact) mass is 298 g/mol. The van der Waals surface area contributed by atoms with Crippen molar-refractivity contribution in [2.24, 2.45) is 0 Å². The van der Waals surface area contributed by atoms with Crippen LogP contribution in [0.1, 0.15) is 16.2 Å². The second kappa shape index (κ2) is 5.31. The molecular weight excluding hydrogens is 287 g/mol. The molecule has 0 amide bonds. The zero-order chi connectivity index (χ0) is 12.3. The quantitative estimate of drug-likeness (QED) is 0.880. The first-order chi connectivity index (χ1) is 8.20. The number of hydrogen-bond acceptors (Lipinski definition) is 2. The molecule has 2 aromatic rings. The molecule has 0 spiro atoms. The first-order valence-corrected chi connectivity index (χ1v) is 6.08. The largest absolute Gasteiger partial charge is 0.497 e. The van der Waals surface area contributed by atoms with E-state index < -0.39 is 0 Å². The zero-order valence-corrected chi connectivity index (χ0v) is 10.9. The van der Waals surface area contributed by atoms with Gasteiger partial charge in [0.2, 0.25) is 0 Å². The van der Waals surface area contributed by atoms with Gasteiger partial charge < -0.3 is 9.72 Å². The molecule has 1 aromatic carbocycles. The van der Waals surface area contributed by atoms with Crippen molar-refractivity contribution >= 4 is 15.9 Å². The van der Waals surface area contributed by atoms with Crippen molar-refractivity contribution in [2.75, 3.05) is 7.11 Å². The van der Waals surface area contributed by atoms with Crippen LogP contribution in [0.2, 0.25) is 0 Å². The molecule has 0 saturated heterocycles. The summed E-state index contributed by atoms with van der Waals surface area (Å²) >= 11 is 3.46. The Kier molecular flexibility index (Phi) is 3.78. The summed E-state index contributed by atoms with van der Waals surface area (Å²) < 4.78 is 18.7. The van der Waals surface area contributed by atoms with Gasteiger partial charge in [0.15, 0.2) is 0 Å². The number of benzene rings is 1. The molecule has 3 nitrogen and oxygen atoms in total. The van der Waals surface area contributed by atoms with Crippen molar-refractivity contribution in [1.82, 2.24) is 9.97 Å². The van der Waals surface area contributed by atoms with Gasteiger partial charge in [-0.25, -0.2) is 9.37 Å². The third kappa shape index (κ3) is 2.85. The van der Waals surface area contributed by atoms with Crippen molar-refractivity contribution in [3.05, 3.63) is 47.8 Å². The summed E-state index contributed by atoms with van der Waals surface area (Å²) in [6, 6.07) is 4.84. The SMILES string of the molecule is COc1ccc(C(Br)Cc2ncc[nH]2)c(F)c1. The van der Waals surface area contributed by atoms with E-state index in [4.69, 9.17) is 4.74 Å². The number of nitrogens with zero attached hydrogens (tertiary/aromatic N) is 1. The van der Waals surface area contributed by atoms with Gasteiger partial charge in [-0.1, -0.05) is 22.0 Å². The predicted octanol–water partition coefficient (Wildman–Crippen LogP) is 3.24. The maximum absolute atomic E-state index is 13.8. The molecule has 0 saturated carbocycles. The molecule has 90 valence electrons. The lowest BCUT2D eigenvalue weighted by atomic mass is 10.1. The van der Waals surface area contributed by atoms with Crippen LogP contribution in [0.5, 0.6) is 5.75 Å². The van der Waals surface area contributed by atoms with E-state index in [9.17, 15) is 4.39 Å². The molecule has 5 heteroatoms. The van der Waals surface area contributed by atoms with Crippen LogP contribution in [0.4, 0.5) is 4.39 Å². The number of nitrogens with one attached hydrogen (secondary N) is 1. The van der Waals surface area contributed by atoms with Crippen LogP contribution in [0.15, 0.2) is 30.6 Å².